The molecule has 2 aromatic rings. The number of methoxy groups -OCH3 is 1. The lowest BCUT2D eigenvalue weighted by molar-refractivity contribution is 0.0935. The molecule has 1 aromatic carbocycles. The van der Waals surface area contributed by atoms with Crippen molar-refractivity contribution in [2.45, 2.75) is 19.9 Å². The van der Waals surface area contributed by atoms with E-state index in [1.165, 1.54) is 5.56 Å². The third kappa shape index (κ3) is 4.56. The van der Waals surface area contributed by atoms with Crippen LogP contribution in [-0.2, 0) is 0 Å². The zero-order valence-electron chi connectivity index (χ0n) is 13.9. The molecule has 0 saturated heterocycles. The Morgan fingerprint density at radius 3 is 2.43 bits per heavy atom. The quantitative estimate of drug-likeness (QED) is 0.803. The Morgan fingerprint density at radius 1 is 1.22 bits per heavy atom. The van der Waals surface area contributed by atoms with E-state index in [1.807, 2.05) is 0 Å². The molecule has 0 saturated carbocycles. The molecule has 2 rings (SSSR count). The van der Waals surface area contributed by atoms with Crippen LogP contribution in [0, 0.1) is 0 Å². The van der Waals surface area contributed by atoms with Crippen molar-refractivity contribution in [2.75, 3.05) is 26.7 Å². The first-order valence-corrected chi connectivity index (χ1v) is 8.82. The number of hydrogen-bond donors (Lipinski definition) is 1. The monoisotopic (exact) mass is 332 g/mol. The molecule has 1 N–H and O–H groups in total. The molecule has 0 aliphatic heterocycles. The Bertz CT molecular complexity index is 592. The van der Waals surface area contributed by atoms with Gasteiger partial charge in [-0.2, -0.15) is 11.3 Å². The standard InChI is InChI=1S/C18H24N2O2S/c1-4-20(5-2)17(15-10-11-23-13-15)12-19-18(21)14-6-8-16(22-3)9-7-14/h6-11,13,17H,4-5,12H2,1-3H3,(H,19,21)/t17-/m1/s1. The summed E-state index contributed by atoms with van der Waals surface area (Å²) in [5.41, 5.74) is 1.91. The number of carbonyl (C=O) groups excluding carboxylic acids is 1. The second kappa shape index (κ2) is 8.70. The molecule has 0 unspecified atom stereocenters. The van der Waals surface area contributed by atoms with E-state index >= 15 is 0 Å². The molecule has 1 amide bonds. The smallest absolute Gasteiger partial charge is 0.251 e. The first-order chi connectivity index (χ1) is 11.2. The van der Waals surface area contributed by atoms with E-state index in [0.717, 1.165) is 18.8 Å². The number of rotatable bonds is 8. The molecule has 124 valence electrons. The third-order valence-electron chi connectivity index (χ3n) is 3.99. The summed E-state index contributed by atoms with van der Waals surface area (Å²) in [4.78, 5) is 14.7. The number of benzene rings is 1. The number of thiophene rings is 1. The lowest BCUT2D eigenvalue weighted by Gasteiger charge is -2.29. The number of likely N-dealkylation sites (N-methyl/N-ethyl adjacent to an activating group) is 1. The maximum absolute atomic E-state index is 12.3. The average Bonchev–Trinajstić information content (AvgIpc) is 3.12. The van der Waals surface area contributed by atoms with Crippen LogP contribution in [0.2, 0.25) is 0 Å². The fraction of sp³-hybridized carbons (Fsp3) is 0.389. The van der Waals surface area contributed by atoms with Gasteiger partial charge in [0.25, 0.3) is 5.91 Å². The minimum absolute atomic E-state index is 0.0555. The summed E-state index contributed by atoms with van der Waals surface area (Å²) in [5.74, 6) is 0.695. The van der Waals surface area contributed by atoms with Gasteiger partial charge in [-0.3, -0.25) is 9.69 Å². The molecular weight excluding hydrogens is 308 g/mol. The number of hydrogen-bond acceptors (Lipinski definition) is 4. The van der Waals surface area contributed by atoms with Gasteiger partial charge in [-0.1, -0.05) is 13.8 Å². The zero-order valence-corrected chi connectivity index (χ0v) is 14.7. The highest BCUT2D eigenvalue weighted by molar-refractivity contribution is 7.07. The van der Waals surface area contributed by atoms with E-state index in [9.17, 15) is 4.79 Å². The van der Waals surface area contributed by atoms with Gasteiger partial charge in [0, 0.05) is 12.1 Å². The summed E-state index contributed by atoms with van der Waals surface area (Å²) in [6.45, 7) is 6.80. The molecule has 1 atom stereocenters. The largest absolute Gasteiger partial charge is 0.497 e. The van der Waals surface area contributed by atoms with Gasteiger partial charge in [0.15, 0.2) is 0 Å². The average molecular weight is 332 g/mol. The van der Waals surface area contributed by atoms with Crippen molar-refractivity contribution >= 4 is 17.2 Å². The predicted molar refractivity (Wildman–Crippen MR) is 95.3 cm³/mol. The Morgan fingerprint density at radius 2 is 1.91 bits per heavy atom. The molecular formula is C18H24N2O2S. The Labute approximate surface area is 142 Å². The highest BCUT2D eigenvalue weighted by Gasteiger charge is 2.19. The number of carbonyl (C=O) groups is 1. The van der Waals surface area contributed by atoms with E-state index < -0.39 is 0 Å². The molecule has 5 heteroatoms. The minimum atomic E-state index is -0.0555. The van der Waals surface area contributed by atoms with Gasteiger partial charge in [-0.25, -0.2) is 0 Å². The van der Waals surface area contributed by atoms with Crippen molar-refractivity contribution in [1.82, 2.24) is 10.2 Å². The van der Waals surface area contributed by atoms with Gasteiger partial charge >= 0.3 is 0 Å². The number of ether oxygens (including phenoxy) is 1. The molecule has 0 radical (unpaired) electrons. The lowest BCUT2D eigenvalue weighted by atomic mass is 10.1. The van der Waals surface area contributed by atoms with Gasteiger partial charge in [0.05, 0.1) is 13.2 Å². The highest BCUT2D eigenvalue weighted by atomic mass is 32.1. The topological polar surface area (TPSA) is 41.6 Å². The first kappa shape index (κ1) is 17.5. The first-order valence-electron chi connectivity index (χ1n) is 7.88. The van der Waals surface area contributed by atoms with Crippen molar-refractivity contribution < 1.29 is 9.53 Å². The van der Waals surface area contributed by atoms with Crippen molar-refractivity contribution in [2.24, 2.45) is 0 Å². The molecule has 1 heterocycles. The predicted octanol–water partition coefficient (Wildman–Crippen LogP) is 3.57. The van der Waals surface area contributed by atoms with Crippen LogP contribution < -0.4 is 10.1 Å². The van der Waals surface area contributed by atoms with E-state index in [2.05, 4.69) is 40.9 Å². The van der Waals surface area contributed by atoms with Gasteiger partial charge < -0.3 is 10.1 Å². The second-order valence-electron chi connectivity index (χ2n) is 5.23. The maximum Gasteiger partial charge on any atom is 0.251 e. The minimum Gasteiger partial charge on any atom is -0.497 e. The van der Waals surface area contributed by atoms with Crippen molar-refractivity contribution in [3.63, 3.8) is 0 Å². The molecule has 4 nitrogen and oxygen atoms in total. The van der Waals surface area contributed by atoms with Crippen LogP contribution in [0.25, 0.3) is 0 Å². The number of nitrogens with zero attached hydrogens (tertiary/aromatic N) is 1. The van der Waals surface area contributed by atoms with E-state index in [4.69, 9.17) is 4.74 Å². The van der Waals surface area contributed by atoms with E-state index in [1.54, 1.807) is 42.7 Å². The molecule has 0 fully saturated rings. The van der Waals surface area contributed by atoms with Crippen LogP contribution in [0.15, 0.2) is 41.1 Å². The molecule has 0 spiro atoms. The van der Waals surface area contributed by atoms with Gasteiger partial charge in [-0.05, 0) is 59.7 Å². The zero-order chi connectivity index (χ0) is 16.7. The van der Waals surface area contributed by atoms with Crippen LogP contribution in [0.1, 0.15) is 35.8 Å². The van der Waals surface area contributed by atoms with Gasteiger partial charge in [0.1, 0.15) is 5.75 Å². The summed E-state index contributed by atoms with van der Waals surface area (Å²) in [6, 6.07) is 9.51. The van der Waals surface area contributed by atoms with Crippen LogP contribution in [0.3, 0.4) is 0 Å². The lowest BCUT2D eigenvalue weighted by Crippen LogP contribution is -2.37. The second-order valence-corrected chi connectivity index (χ2v) is 6.01. The normalized spacial score (nSPS) is 12.2. The molecule has 1 aromatic heterocycles. The van der Waals surface area contributed by atoms with Crippen LogP contribution in [0.4, 0.5) is 0 Å². The number of nitrogens with one attached hydrogen (secondary N) is 1. The van der Waals surface area contributed by atoms with Crippen molar-refractivity contribution in [1.29, 1.82) is 0 Å². The number of amides is 1. The Hall–Kier alpha value is -1.85. The van der Waals surface area contributed by atoms with E-state index in [0.29, 0.717) is 12.1 Å². The molecule has 0 bridgehead atoms. The maximum atomic E-state index is 12.3. The third-order valence-corrected chi connectivity index (χ3v) is 4.69. The van der Waals surface area contributed by atoms with Crippen LogP contribution in [0.5, 0.6) is 5.75 Å². The fourth-order valence-corrected chi connectivity index (χ4v) is 3.33. The van der Waals surface area contributed by atoms with Crippen LogP contribution in [-0.4, -0.2) is 37.6 Å². The fourth-order valence-electron chi connectivity index (χ4n) is 2.62. The van der Waals surface area contributed by atoms with Crippen LogP contribution >= 0.6 is 11.3 Å². The summed E-state index contributed by atoms with van der Waals surface area (Å²) in [7, 11) is 1.62. The molecule has 0 aliphatic rings. The Kier molecular flexibility index (Phi) is 6.62. The van der Waals surface area contributed by atoms with E-state index in [-0.39, 0.29) is 11.9 Å². The van der Waals surface area contributed by atoms with Gasteiger partial charge in [-0.15, -0.1) is 0 Å². The van der Waals surface area contributed by atoms with Gasteiger partial charge in [0.2, 0.25) is 0 Å². The summed E-state index contributed by atoms with van der Waals surface area (Å²) in [6.07, 6.45) is 0. The molecule has 23 heavy (non-hydrogen) atoms. The summed E-state index contributed by atoms with van der Waals surface area (Å²) < 4.78 is 5.12. The Balaban J connectivity index is 2.03. The SMILES string of the molecule is CCN(CC)[C@H](CNC(=O)c1ccc(OC)cc1)c1ccsc1. The van der Waals surface area contributed by atoms with Crippen molar-refractivity contribution in [3.8, 4) is 5.75 Å². The highest BCUT2D eigenvalue weighted by Crippen LogP contribution is 2.22. The van der Waals surface area contributed by atoms with Crippen molar-refractivity contribution in [3.05, 3.63) is 52.2 Å². The summed E-state index contributed by atoms with van der Waals surface area (Å²) in [5, 5.41) is 7.29. The molecule has 0 aliphatic carbocycles. The summed E-state index contributed by atoms with van der Waals surface area (Å²) >= 11 is 1.69.